The van der Waals surface area contributed by atoms with Crippen LogP contribution in [0.5, 0.6) is 0 Å². The lowest BCUT2D eigenvalue weighted by Gasteiger charge is -2.13. The second-order valence-electron chi connectivity index (χ2n) is 3.57. The van der Waals surface area contributed by atoms with Gasteiger partial charge in [-0.05, 0) is 11.4 Å². The molecule has 0 aliphatic heterocycles. The van der Waals surface area contributed by atoms with Crippen LogP contribution in [0, 0.1) is 0 Å². The first kappa shape index (κ1) is 15.1. The van der Waals surface area contributed by atoms with E-state index in [2.05, 4.69) is 15.4 Å². The Morgan fingerprint density at radius 1 is 1.47 bits per heavy atom. The van der Waals surface area contributed by atoms with E-state index >= 15 is 0 Å². The molecule has 0 fully saturated rings. The molecule has 7 nitrogen and oxygen atoms in total. The van der Waals surface area contributed by atoms with Gasteiger partial charge in [0.1, 0.15) is 0 Å². The summed E-state index contributed by atoms with van der Waals surface area (Å²) in [5.41, 5.74) is 0. The minimum absolute atomic E-state index is 0.139. The number of methoxy groups -OCH3 is 1. The van der Waals surface area contributed by atoms with Crippen LogP contribution in [0.4, 0.5) is 0 Å². The molecule has 1 rings (SSSR count). The summed E-state index contributed by atoms with van der Waals surface area (Å²) in [7, 11) is 1.33. The number of thiophene rings is 1. The van der Waals surface area contributed by atoms with Crippen molar-refractivity contribution in [2.24, 2.45) is 0 Å². The maximum absolute atomic E-state index is 11.5. The van der Waals surface area contributed by atoms with Crippen molar-refractivity contribution in [2.45, 2.75) is 6.04 Å². The Kier molecular flexibility index (Phi) is 5.97. The Morgan fingerprint density at radius 3 is 2.74 bits per heavy atom. The average Bonchev–Trinajstić information content (AvgIpc) is 2.89. The first-order valence-electron chi connectivity index (χ1n) is 5.37. The standard InChI is InChI=1S/C11H14N2O5S/c1-18-6-7(11(16)17)13-9(14)5-12-10(15)8-3-2-4-19-8/h2-4,7H,5-6H2,1H3,(H,12,15)(H,13,14)(H,16,17). The van der Waals surface area contributed by atoms with Gasteiger partial charge >= 0.3 is 5.97 Å². The molecule has 1 heterocycles. The van der Waals surface area contributed by atoms with Crippen molar-refractivity contribution < 1.29 is 24.2 Å². The van der Waals surface area contributed by atoms with E-state index in [1.54, 1.807) is 17.5 Å². The zero-order valence-corrected chi connectivity index (χ0v) is 11.0. The fourth-order valence-electron chi connectivity index (χ4n) is 1.24. The lowest BCUT2D eigenvalue weighted by molar-refractivity contribution is -0.143. The molecule has 104 valence electrons. The van der Waals surface area contributed by atoms with E-state index in [1.807, 2.05) is 0 Å². The molecule has 0 aliphatic carbocycles. The Bertz CT molecular complexity index is 446. The van der Waals surface area contributed by atoms with Crippen LogP contribution < -0.4 is 10.6 Å². The summed E-state index contributed by atoms with van der Waals surface area (Å²) >= 11 is 1.25. The molecular weight excluding hydrogens is 272 g/mol. The van der Waals surface area contributed by atoms with E-state index in [0.29, 0.717) is 4.88 Å². The van der Waals surface area contributed by atoms with Crippen LogP contribution in [0.3, 0.4) is 0 Å². The highest BCUT2D eigenvalue weighted by Gasteiger charge is 2.19. The SMILES string of the molecule is COCC(NC(=O)CNC(=O)c1cccs1)C(=O)O. The van der Waals surface area contributed by atoms with Crippen molar-refractivity contribution >= 4 is 29.1 Å². The molecule has 0 radical (unpaired) electrons. The number of aliphatic carboxylic acids is 1. The first-order chi connectivity index (χ1) is 9.04. The molecular formula is C11H14N2O5S. The molecule has 3 N–H and O–H groups in total. The summed E-state index contributed by atoms with van der Waals surface area (Å²) in [6.45, 7) is -0.426. The summed E-state index contributed by atoms with van der Waals surface area (Å²) in [4.78, 5) is 34.3. The van der Waals surface area contributed by atoms with Gasteiger partial charge in [-0.2, -0.15) is 0 Å². The van der Waals surface area contributed by atoms with E-state index < -0.39 is 17.9 Å². The topological polar surface area (TPSA) is 105 Å². The lowest BCUT2D eigenvalue weighted by atomic mass is 10.3. The van der Waals surface area contributed by atoms with Crippen LogP contribution in [-0.2, 0) is 14.3 Å². The number of ether oxygens (including phenoxy) is 1. The van der Waals surface area contributed by atoms with Crippen LogP contribution in [0.25, 0.3) is 0 Å². The molecule has 0 spiro atoms. The third kappa shape index (κ3) is 5.06. The molecule has 1 atom stereocenters. The summed E-state index contributed by atoms with van der Waals surface area (Å²) < 4.78 is 4.67. The number of carboxylic acid groups (broad SMARTS) is 1. The summed E-state index contributed by atoms with van der Waals surface area (Å²) in [5.74, 6) is -2.15. The van der Waals surface area contributed by atoms with Gasteiger partial charge < -0.3 is 20.5 Å². The second-order valence-corrected chi connectivity index (χ2v) is 4.52. The maximum Gasteiger partial charge on any atom is 0.328 e. The molecule has 8 heteroatoms. The van der Waals surface area contributed by atoms with Crippen molar-refractivity contribution in [3.05, 3.63) is 22.4 Å². The van der Waals surface area contributed by atoms with Gasteiger partial charge in [0, 0.05) is 7.11 Å². The molecule has 0 saturated heterocycles. The van der Waals surface area contributed by atoms with E-state index in [0.717, 1.165) is 0 Å². The van der Waals surface area contributed by atoms with Gasteiger partial charge in [-0.15, -0.1) is 11.3 Å². The smallest absolute Gasteiger partial charge is 0.328 e. The number of carboxylic acids is 1. The monoisotopic (exact) mass is 286 g/mol. The van der Waals surface area contributed by atoms with E-state index in [4.69, 9.17) is 5.11 Å². The van der Waals surface area contributed by atoms with Gasteiger partial charge in [0.05, 0.1) is 18.0 Å². The van der Waals surface area contributed by atoms with Gasteiger partial charge in [0.15, 0.2) is 6.04 Å². The van der Waals surface area contributed by atoms with Gasteiger partial charge in [-0.3, -0.25) is 9.59 Å². The number of nitrogens with one attached hydrogen (secondary N) is 2. The van der Waals surface area contributed by atoms with Crippen LogP contribution in [0.2, 0.25) is 0 Å². The fraction of sp³-hybridized carbons (Fsp3) is 0.364. The highest BCUT2D eigenvalue weighted by Crippen LogP contribution is 2.07. The van der Waals surface area contributed by atoms with Crippen LogP contribution in [0.1, 0.15) is 9.67 Å². The highest BCUT2D eigenvalue weighted by atomic mass is 32.1. The van der Waals surface area contributed by atoms with E-state index in [1.165, 1.54) is 18.4 Å². The average molecular weight is 286 g/mol. The molecule has 1 unspecified atom stereocenters. The van der Waals surface area contributed by atoms with Gasteiger partial charge in [0.25, 0.3) is 5.91 Å². The third-order valence-electron chi connectivity index (χ3n) is 2.12. The van der Waals surface area contributed by atoms with E-state index in [9.17, 15) is 14.4 Å². The largest absolute Gasteiger partial charge is 0.480 e. The lowest BCUT2D eigenvalue weighted by Crippen LogP contribution is -2.47. The molecule has 0 aromatic carbocycles. The third-order valence-corrected chi connectivity index (χ3v) is 2.99. The fourth-order valence-corrected chi connectivity index (χ4v) is 1.88. The normalized spacial score (nSPS) is 11.6. The number of rotatable bonds is 7. The molecule has 0 aliphatic rings. The Hall–Kier alpha value is -1.93. The molecule has 2 amide bonds. The Balaban J connectivity index is 2.38. The second kappa shape index (κ2) is 7.49. The highest BCUT2D eigenvalue weighted by molar-refractivity contribution is 7.12. The van der Waals surface area contributed by atoms with Crippen molar-refractivity contribution in [3.8, 4) is 0 Å². The zero-order valence-electron chi connectivity index (χ0n) is 10.2. The maximum atomic E-state index is 11.5. The predicted molar refractivity (Wildman–Crippen MR) is 68.1 cm³/mol. The van der Waals surface area contributed by atoms with Gasteiger partial charge in [-0.1, -0.05) is 6.07 Å². The van der Waals surface area contributed by atoms with Crippen molar-refractivity contribution in [2.75, 3.05) is 20.3 Å². The molecule has 19 heavy (non-hydrogen) atoms. The summed E-state index contributed by atoms with van der Waals surface area (Å²) in [6.07, 6.45) is 0. The van der Waals surface area contributed by atoms with Crippen molar-refractivity contribution in [1.29, 1.82) is 0 Å². The van der Waals surface area contributed by atoms with E-state index in [-0.39, 0.29) is 19.1 Å². The predicted octanol–water partition coefficient (Wildman–Crippen LogP) is -0.306. The molecule has 0 saturated carbocycles. The molecule has 1 aromatic heterocycles. The van der Waals surface area contributed by atoms with Crippen LogP contribution in [0.15, 0.2) is 17.5 Å². The number of carbonyl (C=O) groups excluding carboxylic acids is 2. The minimum Gasteiger partial charge on any atom is -0.480 e. The number of amides is 2. The number of hydrogen-bond acceptors (Lipinski definition) is 5. The van der Waals surface area contributed by atoms with Gasteiger partial charge in [-0.25, -0.2) is 4.79 Å². The van der Waals surface area contributed by atoms with Crippen molar-refractivity contribution in [3.63, 3.8) is 0 Å². The van der Waals surface area contributed by atoms with Crippen LogP contribution in [-0.4, -0.2) is 49.2 Å². The zero-order chi connectivity index (χ0) is 14.3. The Morgan fingerprint density at radius 2 is 2.21 bits per heavy atom. The van der Waals surface area contributed by atoms with Crippen molar-refractivity contribution in [1.82, 2.24) is 10.6 Å². The molecule has 1 aromatic rings. The first-order valence-corrected chi connectivity index (χ1v) is 6.25. The van der Waals surface area contributed by atoms with Gasteiger partial charge in [0.2, 0.25) is 5.91 Å². The number of carbonyl (C=O) groups is 3. The molecule has 0 bridgehead atoms. The van der Waals surface area contributed by atoms with Crippen LogP contribution >= 0.6 is 11.3 Å². The quantitative estimate of drug-likeness (QED) is 0.638. The Labute approximate surface area is 113 Å². The summed E-state index contributed by atoms with van der Waals surface area (Å²) in [6, 6.07) is 2.22. The minimum atomic E-state index is -1.19. The summed E-state index contributed by atoms with van der Waals surface area (Å²) in [5, 5.41) is 15.2. The number of hydrogen-bond donors (Lipinski definition) is 3.